The molecule has 0 aromatic carbocycles. The summed E-state index contributed by atoms with van der Waals surface area (Å²) >= 11 is 0. The minimum atomic E-state index is 0.129. The van der Waals surface area contributed by atoms with Gasteiger partial charge in [-0.25, -0.2) is 4.98 Å². The zero-order valence-electron chi connectivity index (χ0n) is 13.7. The van der Waals surface area contributed by atoms with Crippen LogP contribution in [-0.4, -0.2) is 40.5 Å². The molecular formula is C17H27N3O. The average Bonchev–Trinajstić information content (AvgIpc) is 2.79. The Morgan fingerprint density at radius 2 is 2.24 bits per heavy atom. The average molecular weight is 289 g/mol. The normalized spacial score (nSPS) is 19.4. The SMILES string of the molecule is CCC(=O)N(c1ccccn1)C(C)CN1CCCC1(C)C. The lowest BCUT2D eigenvalue weighted by atomic mass is 10.0. The highest BCUT2D eigenvalue weighted by Crippen LogP contribution is 2.29. The van der Waals surface area contributed by atoms with Gasteiger partial charge < -0.3 is 0 Å². The summed E-state index contributed by atoms with van der Waals surface area (Å²) in [6.45, 7) is 10.6. The van der Waals surface area contributed by atoms with E-state index in [4.69, 9.17) is 0 Å². The van der Waals surface area contributed by atoms with Crippen LogP contribution in [0.25, 0.3) is 0 Å². The largest absolute Gasteiger partial charge is 0.296 e. The third-order valence-electron chi connectivity index (χ3n) is 4.47. The monoisotopic (exact) mass is 289 g/mol. The van der Waals surface area contributed by atoms with Gasteiger partial charge >= 0.3 is 0 Å². The minimum Gasteiger partial charge on any atom is -0.296 e. The molecule has 0 N–H and O–H groups in total. The zero-order valence-corrected chi connectivity index (χ0v) is 13.7. The number of anilines is 1. The highest BCUT2D eigenvalue weighted by molar-refractivity contribution is 5.92. The molecule has 1 aliphatic heterocycles. The Balaban J connectivity index is 2.15. The molecule has 1 aliphatic rings. The Morgan fingerprint density at radius 3 is 2.76 bits per heavy atom. The molecule has 0 spiro atoms. The summed E-state index contributed by atoms with van der Waals surface area (Å²) in [5.74, 6) is 0.895. The predicted octanol–water partition coefficient (Wildman–Crippen LogP) is 3.09. The van der Waals surface area contributed by atoms with E-state index in [0.29, 0.717) is 6.42 Å². The van der Waals surface area contributed by atoms with E-state index in [9.17, 15) is 4.79 Å². The van der Waals surface area contributed by atoms with E-state index in [1.54, 1.807) is 6.20 Å². The van der Waals surface area contributed by atoms with Crippen LogP contribution in [0.1, 0.15) is 47.0 Å². The number of carbonyl (C=O) groups excluding carboxylic acids is 1. The molecule has 1 fully saturated rings. The number of rotatable bonds is 5. The lowest BCUT2D eigenvalue weighted by molar-refractivity contribution is -0.118. The second kappa shape index (κ2) is 6.56. The first-order chi connectivity index (χ1) is 9.95. The van der Waals surface area contributed by atoms with Crippen molar-refractivity contribution in [1.29, 1.82) is 0 Å². The van der Waals surface area contributed by atoms with Crippen molar-refractivity contribution in [2.24, 2.45) is 0 Å². The second-order valence-corrected chi connectivity index (χ2v) is 6.52. The quantitative estimate of drug-likeness (QED) is 0.836. The molecule has 1 atom stereocenters. The molecule has 2 rings (SSSR count). The molecule has 1 aromatic heterocycles. The van der Waals surface area contributed by atoms with E-state index >= 15 is 0 Å². The number of amides is 1. The Kier molecular flexibility index (Phi) is 4.99. The Morgan fingerprint density at radius 1 is 1.48 bits per heavy atom. The van der Waals surface area contributed by atoms with Crippen molar-refractivity contribution in [3.05, 3.63) is 24.4 Å². The van der Waals surface area contributed by atoms with E-state index < -0.39 is 0 Å². The molecule has 0 aliphatic carbocycles. The number of hydrogen-bond acceptors (Lipinski definition) is 3. The van der Waals surface area contributed by atoms with Gasteiger partial charge in [0.2, 0.25) is 5.91 Å². The van der Waals surface area contributed by atoms with Crippen LogP contribution >= 0.6 is 0 Å². The number of pyridine rings is 1. The van der Waals surface area contributed by atoms with E-state index in [-0.39, 0.29) is 17.5 Å². The van der Waals surface area contributed by atoms with Gasteiger partial charge in [0.25, 0.3) is 0 Å². The smallest absolute Gasteiger partial charge is 0.228 e. The molecule has 116 valence electrons. The van der Waals surface area contributed by atoms with Crippen LogP contribution < -0.4 is 4.90 Å². The van der Waals surface area contributed by atoms with Gasteiger partial charge in [-0.1, -0.05) is 13.0 Å². The summed E-state index contributed by atoms with van der Waals surface area (Å²) in [6.07, 6.45) is 4.72. The lowest BCUT2D eigenvalue weighted by Crippen LogP contribution is -2.49. The first-order valence-electron chi connectivity index (χ1n) is 7.94. The van der Waals surface area contributed by atoms with Gasteiger partial charge in [-0.05, 0) is 52.3 Å². The van der Waals surface area contributed by atoms with E-state index in [0.717, 1.165) is 18.9 Å². The first-order valence-corrected chi connectivity index (χ1v) is 7.94. The van der Waals surface area contributed by atoms with Crippen molar-refractivity contribution < 1.29 is 4.79 Å². The highest BCUT2D eigenvalue weighted by atomic mass is 16.2. The number of likely N-dealkylation sites (tertiary alicyclic amines) is 1. The molecule has 1 unspecified atom stereocenters. The van der Waals surface area contributed by atoms with Crippen LogP contribution in [0.15, 0.2) is 24.4 Å². The standard InChI is InChI=1S/C17H27N3O/c1-5-16(21)20(15-9-6-7-11-18-15)14(2)13-19-12-8-10-17(19,3)4/h6-7,9,11,14H,5,8,10,12-13H2,1-4H3. The summed E-state index contributed by atoms with van der Waals surface area (Å²) in [5, 5.41) is 0. The van der Waals surface area contributed by atoms with Crippen LogP contribution in [0, 0.1) is 0 Å². The van der Waals surface area contributed by atoms with Crippen LogP contribution in [0.3, 0.4) is 0 Å². The van der Waals surface area contributed by atoms with Crippen LogP contribution in [-0.2, 0) is 4.79 Å². The summed E-state index contributed by atoms with van der Waals surface area (Å²) in [7, 11) is 0. The van der Waals surface area contributed by atoms with Crippen LogP contribution in [0.2, 0.25) is 0 Å². The maximum absolute atomic E-state index is 12.4. The molecule has 0 radical (unpaired) electrons. The number of aromatic nitrogens is 1. The number of hydrogen-bond donors (Lipinski definition) is 0. The molecule has 4 nitrogen and oxygen atoms in total. The van der Waals surface area contributed by atoms with Crippen LogP contribution in [0.4, 0.5) is 5.82 Å². The van der Waals surface area contributed by atoms with Crippen molar-refractivity contribution in [3.8, 4) is 0 Å². The summed E-state index contributed by atoms with van der Waals surface area (Å²) < 4.78 is 0. The first kappa shape index (κ1) is 16.0. The molecule has 0 bridgehead atoms. The second-order valence-electron chi connectivity index (χ2n) is 6.52. The van der Waals surface area contributed by atoms with Gasteiger partial charge in [-0.15, -0.1) is 0 Å². The number of carbonyl (C=O) groups is 1. The Hall–Kier alpha value is -1.42. The Labute approximate surface area is 128 Å². The summed E-state index contributed by atoms with van der Waals surface area (Å²) in [5.41, 5.74) is 0.235. The third-order valence-corrected chi connectivity index (χ3v) is 4.47. The highest BCUT2D eigenvalue weighted by Gasteiger charge is 2.34. The molecule has 1 amide bonds. The number of nitrogens with zero attached hydrogens (tertiary/aromatic N) is 3. The topological polar surface area (TPSA) is 36.4 Å². The maximum Gasteiger partial charge on any atom is 0.228 e. The predicted molar refractivity (Wildman–Crippen MR) is 86.4 cm³/mol. The van der Waals surface area contributed by atoms with Crippen molar-refractivity contribution in [2.75, 3.05) is 18.0 Å². The van der Waals surface area contributed by atoms with E-state index in [1.165, 1.54) is 12.8 Å². The van der Waals surface area contributed by atoms with Crippen molar-refractivity contribution in [1.82, 2.24) is 9.88 Å². The molecule has 4 heteroatoms. The van der Waals surface area contributed by atoms with Gasteiger partial charge in [0.15, 0.2) is 0 Å². The van der Waals surface area contributed by atoms with Crippen LogP contribution in [0.5, 0.6) is 0 Å². The van der Waals surface area contributed by atoms with Crippen molar-refractivity contribution in [3.63, 3.8) is 0 Å². The fraction of sp³-hybridized carbons (Fsp3) is 0.647. The van der Waals surface area contributed by atoms with E-state index in [2.05, 4.69) is 30.7 Å². The van der Waals surface area contributed by atoms with Gasteiger partial charge in [-0.3, -0.25) is 14.6 Å². The fourth-order valence-corrected chi connectivity index (χ4v) is 3.17. The molecular weight excluding hydrogens is 262 g/mol. The van der Waals surface area contributed by atoms with Crippen molar-refractivity contribution in [2.45, 2.75) is 58.5 Å². The molecule has 1 saturated heterocycles. The molecule has 21 heavy (non-hydrogen) atoms. The van der Waals surface area contributed by atoms with Gasteiger partial charge in [-0.2, -0.15) is 0 Å². The lowest BCUT2D eigenvalue weighted by Gasteiger charge is -2.37. The van der Waals surface area contributed by atoms with Gasteiger partial charge in [0.05, 0.1) is 0 Å². The molecule has 0 saturated carbocycles. The third kappa shape index (κ3) is 3.62. The van der Waals surface area contributed by atoms with E-state index in [1.807, 2.05) is 30.0 Å². The fourth-order valence-electron chi connectivity index (χ4n) is 3.17. The van der Waals surface area contributed by atoms with Gasteiger partial charge in [0.1, 0.15) is 5.82 Å². The minimum absolute atomic E-state index is 0.129. The van der Waals surface area contributed by atoms with Gasteiger partial charge in [0, 0.05) is 30.7 Å². The molecule has 2 heterocycles. The summed E-state index contributed by atoms with van der Waals surface area (Å²) in [4.78, 5) is 21.1. The maximum atomic E-state index is 12.4. The van der Waals surface area contributed by atoms with Crippen molar-refractivity contribution >= 4 is 11.7 Å². The molecule has 1 aromatic rings. The zero-order chi connectivity index (χ0) is 15.5. The Bertz CT molecular complexity index is 472. The summed E-state index contributed by atoms with van der Waals surface area (Å²) in [6, 6.07) is 5.86.